The quantitative estimate of drug-likeness (QED) is 0.162. The van der Waals surface area contributed by atoms with Gasteiger partial charge in [0, 0.05) is 17.5 Å². The van der Waals surface area contributed by atoms with E-state index in [-0.39, 0.29) is 23.0 Å². The first-order valence-electron chi connectivity index (χ1n) is 12.0. The zero-order valence-electron chi connectivity index (χ0n) is 20.3. The van der Waals surface area contributed by atoms with Gasteiger partial charge in [-0.1, -0.05) is 60.7 Å². The van der Waals surface area contributed by atoms with E-state index in [2.05, 4.69) is 10.3 Å². The van der Waals surface area contributed by atoms with Gasteiger partial charge < -0.3 is 10.1 Å². The Hall–Kier alpha value is -4.25. The third kappa shape index (κ3) is 5.35. The summed E-state index contributed by atoms with van der Waals surface area (Å²) in [5, 5.41) is 3.91. The highest BCUT2D eigenvalue weighted by molar-refractivity contribution is 7.14. The molecule has 6 nitrogen and oxygen atoms in total. The molecule has 1 N–H and O–H groups in total. The van der Waals surface area contributed by atoms with Crippen molar-refractivity contribution < 1.29 is 31.9 Å². The van der Waals surface area contributed by atoms with E-state index in [0.29, 0.717) is 19.4 Å². The monoisotopic (exact) mass is 555 g/mol. The Labute approximate surface area is 224 Å². The minimum absolute atomic E-state index is 0.0167. The van der Waals surface area contributed by atoms with Crippen molar-refractivity contribution in [2.45, 2.75) is 25.5 Å². The lowest BCUT2D eigenvalue weighted by Gasteiger charge is -2.22. The van der Waals surface area contributed by atoms with Crippen LogP contribution in [0.5, 0.6) is 0 Å². The summed E-state index contributed by atoms with van der Waals surface area (Å²) in [5.74, 6) is -7.58. The van der Waals surface area contributed by atoms with Crippen molar-refractivity contribution in [3.8, 4) is 22.4 Å². The molecule has 2 heterocycles. The van der Waals surface area contributed by atoms with E-state index in [9.17, 15) is 27.2 Å². The largest absolute Gasteiger partial charge is 0.445 e. The summed E-state index contributed by atoms with van der Waals surface area (Å²) in [7, 11) is 0. The lowest BCUT2D eigenvalue weighted by Crippen LogP contribution is -2.43. The molecular formula is C28H21F4N3O3S. The number of benzene rings is 3. The molecule has 1 aliphatic rings. The maximum Gasteiger partial charge on any atom is 0.410 e. The number of nitrogens with one attached hydrogen (secondary N) is 1. The number of thiazole rings is 1. The van der Waals surface area contributed by atoms with Crippen molar-refractivity contribution in [1.82, 2.24) is 9.88 Å². The second kappa shape index (κ2) is 11.2. The van der Waals surface area contributed by atoms with Gasteiger partial charge in [0.1, 0.15) is 12.6 Å². The van der Waals surface area contributed by atoms with E-state index < -0.39 is 52.4 Å². The fraction of sp³-hybridized carbons (Fsp3) is 0.179. The summed E-state index contributed by atoms with van der Waals surface area (Å²) in [5.41, 5.74) is -0.316. The van der Waals surface area contributed by atoms with Gasteiger partial charge in [-0.2, -0.15) is 0 Å². The number of amides is 2. The van der Waals surface area contributed by atoms with Crippen LogP contribution in [-0.2, 0) is 16.1 Å². The van der Waals surface area contributed by atoms with E-state index in [1.54, 1.807) is 18.2 Å². The minimum Gasteiger partial charge on any atom is -0.445 e. The summed E-state index contributed by atoms with van der Waals surface area (Å²) in [4.78, 5) is 31.1. The predicted molar refractivity (Wildman–Crippen MR) is 138 cm³/mol. The predicted octanol–water partition coefficient (Wildman–Crippen LogP) is 6.77. The fourth-order valence-corrected chi connectivity index (χ4v) is 5.15. The molecule has 1 atom stereocenters. The molecule has 0 saturated carbocycles. The Balaban J connectivity index is 1.35. The highest BCUT2D eigenvalue weighted by atomic mass is 32.1. The molecule has 0 aliphatic carbocycles. The van der Waals surface area contributed by atoms with Crippen LogP contribution in [0.2, 0.25) is 0 Å². The van der Waals surface area contributed by atoms with Crippen molar-refractivity contribution in [3.05, 3.63) is 94.9 Å². The molecule has 0 radical (unpaired) electrons. The first kappa shape index (κ1) is 26.4. The van der Waals surface area contributed by atoms with Crippen molar-refractivity contribution in [3.63, 3.8) is 0 Å². The highest BCUT2D eigenvalue weighted by Gasteiger charge is 2.36. The molecule has 1 aromatic heterocycles. The third-order valence-electron chi connectivity index (χ3n) is 6.32. The molecule has 11 heteroatoms. The van der Waals surface area contributed by atoms with Crippen molar-refractivity contribution >= 4 is 28.5 Å². The summed E-state index contributed by atoms with van der Waals surface area (Å²) < 4.78 is 63.5. The number of carbonyl (C=O) groups excluding carboxylic acids is 2. The van der Waals surface area contributed by atoms with E-state index in [1.807, 2.05) is 30.3 Å². The van der Waals surface area contributed by atoms with Crippen LogP contribution in [-0.4, -0.2) is 34.5 Å². The van der Waals surface area contributed by atoms with E-state index in [4.69, 9.17) is 4.74 Å². The van der Waals surface area contributed by atoms with Crippen LogP contribution in [0, 0.1) is 23.3 Å². The standard InChI is InChI=1S/C28H21F4N3O3S/c29-22-20(17-10-5-2-6-11-17)21(23(30)25(32)24(22)31)18-15-39-27(33-18)34-26(36)19-12-7-13-35(19)28(37)38-14-16-8-3-1-4-9-16/h1-6,8-11,15,19H,7,12-14H2,(H,33,34,36)/t19-/m0/s1. The smallest absolute Gasteiger partial charge is 0.410 e. The van der Waals surface area contributed by atoms with Gasteiger partial charge in [0.25, 0.3) is 0 Å². The van der Waals surface area contributed by atoms with Gasteiger partial charge in [0.05, 0.1) is 11.3 Å². The Morgan fingerprint density at radius 3 is 2.26 bits per heavy atom. The molecular weight excluding hydrogens is 534 g/mol. The number of halogens is 4. The third-order valence-corrected chi connectivity index (χ3v) is 7.07. The number of rotatable bonds is 6. The highest BCUT2D eigenvalue weighted by Crippen LogP contribution is 2.40. The number of carbonyl (C=O) groups is 2. The van der Waals surface area contributed by atoms with Crippen LogP contribution >= 0.6 is 11.3 Å². The summed E-state index contributed by atoms with van der Waals surface area (Å²) >= 11 is 0.894. The maximum atomic E-state index is 15.0. The molecule has 2 amide bonds. The van der Waals surface area contributed by atoms with Crippen molar-refractivity contribution in [1.29, 1.82) is 0 Å². The zero-order chi connectivity index (χ0) is 27.5. The number of ether oxygens (including phenoxy) is 1. The van der Waals surface area contributed by atoms with Crippen LogP contribution in [0.25, 0.3) is 22.4 Å². The van der Waals surface area contributed by atoms with Gasteiger partial charge in [0.15, 0.2) is 28.4 Å². The molecule has 5 rings (SSSR count). The Morgan fingerprint density at radius 1 is 0.923 bits per heavy atom. The average molecular weight is 556 g/mol. The number of nitrogens with zero attached hydrogens (tertiary/aromatic N) is 2. The molecule has 0 bridgehead atoms. The summed E-state index contributed by atoms with van der Waals surface area (Å²) in [6, 6.07) is 15.9. The topological polar surface area (TPSA) is 71.5 Å². The molecule has 0 unspecified atom stereocenters. The van der Waals surface area contributed by atoms with E-state index in [0.717, 1.165) is 16.9 Å². The van der Waals surface area contributed by atoms with E-state index >= 15 is 0 Å². The van der Waals surface area contributed by atoms with Gasteiger partial charge in [-0.3, -0.25) is 9.69 Å². The van der Waals surface area contributed by atoms with E-state index in [1.165, 1.54) is 22.4 Å². The van der Waals surface area contributed by atoms with Gasteiger partial charge in [-0.25, -0.2) is 27.3 Å². The zero-order valence-corrected chi connectivity index (χ0v) is 21.1. The second-order valence-electron chi connectivity index (χ2n) is 8.79. The number of likely N-dealkylation sites (tertiary alicyclic amines) is 1. The molecule has 1 saturated heterocycles. The second-order valence-corrected chi connectivity index (χ2v) is 9.65. The van der Waals surface area contributed by atoms with Gasteiger partial charge in [-0.05, 0) is 24.0 Å². The molecule has 39 heavy (non-hydrogen) atoms. The van der Waals surface area contributed by atoms with Crippen LogP contribution in [0.15, 0.2) is 66.0 Å². The SMILES string of the molecule is O=C(Nc1nc(-c2c(F)c(F)c(F)c(F)c2-c2ccccc2)cs1)[C@@H]1CCCN1C(=O)OCc1ccccc1. The molecule has 4 aromatic rings. The lowest BCUT2D eigenvalue weighted by atomic mass is 9.96. The molecule has 3 aromatic carbocycles. The summed E-state index contributed by atoms with van der Waals surface area (Å²) in [6.45, 7) is 0.384. The Morgan fingerprint density at radius 2 is 1.56 bits per heavy atom. The number of hydrogen-bond donors (Lipinski definition) is 1. The summed E-state index contributed by atoms with van der Waals surface area (Å²) in [6.07, 6.45) is 0.343. The van der Waals surface area contributed by atoms with Crippen molar-refractivity contribution in [2.75, 3.05) is 11.9 Å². The van der Waals surface area contributed by atoms with Gasteiger partial charge >= 0.3 is 6.09 Å². The van der Waals surface area contributed by atoms with Crippen LogP contribution < -0.4 is 5.32 Å². The number of anilines is 1. The number of aromatic nitrogens is 1. The minimum atomic E-state index is -1.96. The van der Waals surface area contributed by atoms with Gasteiger partial charge in [-0.15, -0.1) is 11.3 Å². The normalized spacial score (nSPS) is 14.9. The fourth-order valence-electron chi connectivity index (χ4n) is 4.44. The van der Waals surface area contributed by atoms with Gasteiger partial charge in [0.2, 0.25) is 5.91 Å². The molecule has 1 fully saturated rings. The number of hydrogen-bond acceptors (Lipinski definition) is 5. The van der Waals surface area contributed by atoms with Crippen LogP contribution in [0.1, 0.15) is 18.4 Å². The Bertz CT molecular complexity index is 1520. The first-order chi connectivity index (χ1) is 18.8. The van der Waals surface area contributed by atoms with Crippen molar-refractivity contribution in [2.24, 2.45) is 0 Å². The maximum absolute atomic E-state index is 15.0. The van der Waals surface area contributed by atoms with Crippen LogP contribution in [0.4, 0.5) is 27.5 Å². The first-order valence-corrected chi connectivity index (χ1v) is 12.9. The molecule has 200 valence electrons. The molecule has 0 spiro atoms. The molecule has 1 aliphatic heterocycles. The Kier molecular flexibility index (Phi) is 7.60. The lowest BCUT2D eigenvalue weighted by molar-refractivity contribution is -0.120. The van der Waals surface area contributed by atoms with Crippen LogP contribution in [0.3, 0.4) is 0 Å². The average Bonchev–Trinajstić information content (AvgIpc) is 3.64.